The van der Waals surface area contributed by atoms with Gasteiger partial charge in [0.25, 0.3) is 0 Å². The van der Waals surface area contributed by atoms with Crippen LogP contribution in [0.3, 0.4) is 0 Å². The highest BCUT2D eigenvalue weighted by Gasteiger charge is 2.44. The van der Waals surface area contributed by atoms with E-state index in [2.05, 4.69) is 30.5 Å². The number of fused-ring (bicyclic) bond motifs is 1. The molecule has 0 bridgehead atoms. The maximum absolute atomic E-state index is 11.3. The largest absolute Gasteiger partial charge is 0.394 e. The number of aliphatic hydroxyl groups excluding tert-OH is 3. The van der Waals surface area contributed by atoms with E-state index in [9.17, 15) is 20.1 Å². The minimum Gasteiger partial charge on any atom is -0.394 e. The quantitative estimate of drug-likeness (QED) is 0.262. The molecular weight excluding hydrogens is 436 g/mol. The Morgan fingerprint density at radius 3 is 2.91 bits per heavy atom. The van der Waals surface area contributed by atoms with E-state index in [-0.39, 0.29) is 11.9 Å². The summed E-state index contributed by atoms with van der Waals surface area (Å²) in [7, 11) is 1.58. The van der Waals surface area contributed by atoms with Crippen molar-refractivity contribution in [3.63, 3.8) is 0 Å². The number of imidazole rings is 1. The van der Waals surface area contributed by atoms with Crippen LogP contribution < -0.4 is 10.2 Å². The summed E-state index contributed by atoms with van der Waals surface area (Å²) in [6.07, 6.45) is -0.129. The molecule has 0 radical (unpaired) electrons. The molecular formula is C19H24N8O6. The normalized spacial score (nSPS) is 27.3. The molecule has 0 spiro atoms. The Labute approximate surface area is 187 Å². The number of carbonyl (C=O) groups excluding carboxylic acids is 1. The fourth-order valence-corrected chi connectivity index (χ4v) is 4.03. The minimum absolute atomic E-state index is 0.0197. The van der Waals surface area contributed by atoms with Gasteiger partial charge in [-0.05, 0) is 6.42 Å². The van der Waals surface area contributed by atoms with E-state index in [1.165, 1.54) is 15.8 Å². The van der Waals surface area contributed by atoms with Crippen LogP contribution in [-0.4, -0.2) is 103 Å². The molecule has 2 aliphatic rings. The predicted octanol–water partition coefficient (Wildman–Crippen LogP) is -1.38. The number of nitrogens with zero attached hydrogens (tertiary/aromatic N) is 6. The molecule has 176 valence electrons. The third-order valence-electron chi connectivity index (χ3n) is 5.85. The first-order valence-electron chi connectivity index (χ1n) is 10.5. The van der Waals surface area contributed by atoms with Gasteiger partial charge in [-0.25, -0.2) is 15.0 Å². The van der Waals surface area contributed by atoms with Gasteiger partial charge in [0.15, 0.2) is 34.7 Å². The maximum Gasteiger partial charge on any atom is 0.213 e. The summed E-state index contributed by atoms with van der Waals surface area (Å²) >= 11 is 0. The average molecular weight is 460 g/mol. The Morgan fingerprint density at radius 1 is 1.36 bits per heavy atom. The maximum atomic E-state index is 11.3. The zero-order chi connectivity index (χ0) is 23.1. The number of hydrogen-bond acceptors (Lipinski definition) is 11. The van der Waals surface area contributed by atoms with Crippen LogP contribution in [0.25, 0.3) is 22.7 Å². The number of carbonyl (C=O) groups is 1. The van der Waals surface area contributed by atoms with Gasteiger partial charge in [-0.15, -0.1) is 0 Å². The Balaban J connectivity index is 1.63. The first-order chi connectivity index (χ1) is 16.0. The monoisotopic (exact) mass is 460 g/mol. The fourth-order valence-electron chi connectivity index (χ4n) is 4.03. The van der Waals surface area contributed by atoms with Crippen molar-refractivity contribution < 1.29 is 29.6 Å². The molecule has 1 amide bonds. The molecule has 2 aliphatic heterocycles. The standard InChI is InChI=1S/C19H24N8O6/c1-26(8-29)10-4-21-25-12(10)16-23-17(22-9-2-3-32-6-9)13-18(24-16)27(7-20-13)19-15(31)14(30)11(5-28)33-19/h4,7-9,11,14-15,19,28,30-31H,2-3,5-6H2,1H3,(H,21,25)(H,22,23,24)/t9-,11-,14-,15-,19-/m1/s1. The summed E-state index contributed by atoms with van der Waals surface area (Å²) in [5, 5.41) is 40.4. The summed E-state index contributed by atoms with van der Waals surface area (Å²) in [6, 6.07) is 0.0197. The Hall–Kier alpha value is -3.17. The van der Waals surface area contributed by atoms with Crippen molar-refractivity contribution in [1.82, 2.24) is 29.7 Å². The molecule has 5 rings (SSSR count). The molecule has 3 aromatic rings. The minimum atomic E-state index is -1.31. The van der Waals surface area contributed by atoms with Crippen LogP contribution in [0, 0.1) is 0 Å². The molecule has 3 aromatic heterocycles. The van der Waals surface area contributed by atoms with Crippen molar-refractivity contribution in [2.45, 2.75) is 37.0 Å². The molecule has 33 heavy (non-hydrogen) atoms. The predicted molar refractivity (Wildman–Crippen MR) is 113 cm³/mol. The fraction of sp³-hybridized carbons (Fsp3) is 0.526. The summed E-state index contributed by atoms with van der Waals surface area (Å²) in [5.74, 6) is 0.640. The number of rotatable bonds is 7. The second-order valence-electron chi connectivity index (χ2n) is 7.99. The molecule has 5 heterocycles. The third kappa shape index (κ3) is 3.71. The second-order valence-corrected chi connectivity index (χ2v) is 7.99. The number of aliphatic hydroxyl groups is 3. The lowest BCUT2D eigenvalue weighted by Crippen LogP contribution is -2.33. The van der Waals surface area contributed by atoms with Gasteiger partial charge in [0, 0.05) is 19.9 Å². The van der Waals surface area contributed by atoms with Gasteiger partial charge in [-0.1, -0.05) is 0 Å². The van der Waals surface area contributed by atoms with E-state index in [1.54, 1.807) is 13.2 Å². The zero-order valence-corrected chi connectivity index (χ0v) is 17.7. The van der Waals surface area contributed by atoms with Crippen LogP contribution in [0.15, 0.2) is 12.5 Å². The first-order valence-corrected chi connectivity index (χ1v) is 10.5. The van der Waals surface area contributed by atoms with E-state index < -0.39 is 31.1 Å². The topological polar surface area (TPSA) is 184 Å². The van der Waals surface area contributed by atoms with Gasteiger partial charge in [-0.3, -0.25) is 14.5 Å². The van der Waals surface area contributed by atoms with E-state index in [0.717, 1.165) is 6.42 Å². The zero-order valence-electron chi connectivity index (χ0n) is 17.7. The molecule has 5 N–H and O–H groups in total. The molecule has 0 saturated carbocycles. The van der Waals surface area contributed by atoms with Crippen molar-refractivity contribution in [3.05, 3.63) is 12.5 Å². The van der Waals surface area contributed by atoms with E-state index in [1.807, 2.05) is 0 Å². The van der Waals surface area contributed by atoms with Gasteiger partial charge in [0.2, 0.25) is 6.41 Å². The Kier molecular flexibility index (Phi) is 5.67. The molecule has 0 aliphatic carbocycles. The third-order valence-corrected chi connectivity index (χ3v) is 5.85. The number of H-pyrrole nitrogens is 1. The highest BCUT2D eigenvalue weighted by atomic mass is 16.6. The smallest absolute Gasteiger partial charge is 0.213 e. The lowest BCUT2D eigenvalue weighted by Gasteiger charge is -2.18. The number of nitrogens with one attached hydrogen (secondary N) is 2. The SMILES string of the molecule is CN(C=O)c1c[nH]nc1-c1nc(N[C@@H]2CCOC2)c2ncn([C@@H]3O[C@H](CO)[C@@H](O)[C@H]3O)c2n1. The number of aromatic nitrogens is 6. The summed E-state index contributed by atoms with van der Waals surface area (Å²) in [5.41, 5.74) is 1.55. The number of hydrogen-bond donors (Lipinski definition) is 5. The lowest BCUT2D eigenvalue weighted by atomic mass is 10.1. The molecule has 14 nitrogen and oxygen atoms in total. The molecule has 5 atom stereocenters. The number of anilines is 2. The van der Waals surface area contributed by atoms with Crippen molar-refractivity contribution in [2.24, 2.45) is 0 Å². The molecule has 14 heteroatoms. The average Bonchev–Trinajstić information content (AvgIpc) is 3.61. The number of aromatic amines is 1. The van der Waals surface area contributed by atoms with E-state index in [4.69, 9.17) is 9.47 Å². The highest BCUT2D eigenvalue weighted by Crippen LogP contribution is 2.34. The summed E-state index contributed by atoms with van der Waals surface area (Å²) in [4.78, 5) is 26.3. The van der Waals surface area contributed by atoms with Crippen molar-refractivity contribution >= 4 is 29.1 Å². The number of ether oxygens (including phenoxy) is 2. The van der Waals surface area contributed by atoms with Crippen molar-refractivity contribution in [3.8, 4) is 11.5 Å². The Bertz CT molecular complexity index is 1140. The van der Waals surface area contributed by atoms with Crippen LogP contribution in [0.2, 0.25) is 0 Å². The molecule has 2 fully saturated rings. The summed E-state index contributed by atoms with van der Waals surface area (Å²) < 4.78 is 12.6. The van der Waals surface area contributed by atoms with Gasteiger partial charge < -0.3 is 35.0 Å². The van der Waals surface area contributed by atoms with Gasteiger partial charge in [-0.2, -0.15) is 5.10 Å². The van der Waals surface area contributed by atoms with Crippen LogP contribution in [0.5, 0.6) is 0 Å². The molecule has 2 saturated heterocycles. The molecule has 0 aromatic carbocycles. The van der Waals surface area contributed by atoms with E-state index >= 15 is 0 Å². The van der Waals surface area contributed by atoms with Crippen molar-refractivity contribution in [1.29, 1.82) is 0 Å². The summed E-state index contributed by atoms with van der Waals surface area (Å²) in [6.45, 7) is 0.687. The van der Waals surface area contributed by atoms with Gasteiger partial charge in [0.1, 0.15) is 18.3 Å². The van der Waals surface area contributed by atoms with Gasteiger partial charge in [0.05, 0.1) is 31.3 Å². The first kappa shape index (κ1) is 21.7. The van der Waals surface area contributed by atoms with Crippen LogP contribution >= 0.6 is 0 Å². The highest BCUT2D eigenvalue weighted by molar-refractivity contribution is 5.88. The Morgan fingerprint density at radius 2 is 2.21 bits per heavy atom. The van der Waals surface area contributed by atoms with Crippen LogP contribution in [-0.2, 0) is 14.3 Å². The second kappa shape index (κ2) is 8.64. The lowest BCUT2D eigenvalue weighted by molar-refractivity contribution is -0.107. The number of amides is 1. The van der Waals surface area contributed by atoms with Crippen molar-refractivity contribution in [2.75, 3.05) is 37.1 Å². The van der Waals surface area contributed by atoms with Crippen LogP contribution in [0.1, 0.15) is 12.6 Å². The van der Waals surface area contributed by atoms with E-state index in [0.29, 0.717) is 48.0 Å². The van der Waals surface area contributed by atoms with Gasteiger partial charge >= 0.3 is 0 Å². The molecule has 0 unspecified atom stereocenters. The van der Waals surface area contributed by atoms with Crippen LogP contribution in [0.4, 0.5) is 11.5 Å².